The van der Waals surface area contributed by atoms with E-state index >= 15 is 0 Å². The quantitative estimate of drug-likeness (QED) is 0.617. The molecular formula is C25H26N4O3. The summed E-state index contributed by atoms with van der Waals surface area (Å²) in [4.78, 5) is 31.2. The number of pyridine rings is 1. The first-order valence-electron chi connectivity index (χ1n) is 10.7. The molecule has 0 atom stereocenters. The van der Waals surface area contributed by atoms with Crippen molar-refractivity contribution in [2.45, 2.75) is 25.5 Å². The molecule has 0 spiro atoms. The normalized spacial score (nSPS) is 13.9. The minimum absolute atomic E-state index is 0.0324. The summed E-state index contributed by atoms with van der Waals surface area (Å²) < 4.78 is 5.74. The summed E-state index contributed by atoms with van der Waals surface area (Å²) in [5, 5.41) is 5.82. The molecule has 0 unspecified atom stereocenters. The minimum atomic E-state index is -0.227. The number of ether oxygens (including phenoxy) is 1. The number of piperidine rings is 1. The number of carbonyl (C=O) groups excluding carboxylic acids is 2. The van der Waals surface area contributed by atoms with Crippen LogP contribution in [0.15, 0.2) is 79.0 Å². The highest BCUT2D eigenvalue weighted by Crippen LogP contribution is 2.17. The fourth-order valence-electron chi connectivity index (χ4n) is 3.64. The highest BCUT2D eigenvalue weighted by molar-refractivity contribution is 5.94. The number of nitrogens with one attached hydrogen (secondary N) is 2. The van der Waals surface area contributed by atoms with Crippen LogP contribution in [-0.4, -0.2) is 41.0 Å². The SMILES string of the molecule is O=C(Nc1ccccc1)NC1CCN(C(=O)c2ccnc(OCc3ccccc3)c2)CC1. The van der Waals surface area contributed by atoms with E-state index in [9.17, 15) is 9.59 Å². The monoisotopic (exact) mass is 430 g/mol. The van der Waals surface area contributed by atoms with Crippen LogP contribution < -0.4 is 15.4 Å². The molecule has 0 saturated carbocycles. The highest BCUT2D eigenvalue weighted by atomic mass is 16.5. The predicted molar refractivity (Wildman–Crippen MR) is 123 cm³/mol. The molecule has 3 amide bonds. The van der Waals surface area contributed by atoms with Gasteiger partial charge >= 0.3 is 6.03 Å². The zero-order valence-electron chi connectivity index (χ0n) is 17.7. The maximum absolute atomic E-state index is 12.9. The molecule has 2 heterocycles. The molecule has 164 valence electrons. The molecule has 2 aromatic carbocycles. The van der Waals surface area contributed by atoms with Crippen LogP contribution in [0.2, 0.25) is 0 Å². The Labute approximate surface area is 187 Å². The van der Waals surface area contributed by atoms with Crippen LogP contribution in [-0.2, 0) is 6.61 Å². The lowest BCUT2D eigenvalue weighted by atomic mass is 10.0. The Morgan fingerprint density at radius 3 is 2.38 bits per heavy atom. The van der Waals surface area contributed by atoms with Gasteiger partial charge in [0, 0.05) is 42.6 Å². The number of amides is 3. The smallest absolute Gasteiger partial charge is 0.319 e. The first kappa shape index (κ1) is 21.4. The summed E-state index contributed by atoms with van der Waals surface area (Å²) in [5.41, 5.74) is 2.34. The zero-order chi connectivity index (χ0) is 22.2. The number of benzene rings is 2. The van der Waals surface area contributed by atoms with Gasteiger partial charge in [-0.25, -0.2) is 9.78 Å². The van der Waals surface area contributed by atoms with Gasteiger partial charge in [-0.15, -0.1) is 0 Å². The molecule has 4 rings (SSSR count). The van der Waals surface area contributed by atoms with E-state index in [-0.39, 0.29) is 18.0 Å². The van der Waals surface area contributed by atoms with Crippen molar-refractivity contribution >= 4 is 17.6 Å². The van der Waals surface area contributed by atoms with E-state index in [1.807, 2.05) is 65.6 Å². The molecule has 0 aliphatic carbocycles. The topological polar surface area (TPSA) is 83.6 Å². The molecule has 1 saturated heterocycles. The molecule has 0 radical (unpaired) electrons. The number of urea groups is 1. The van der Waals surface area contributed by atoms with Crippen molar-refractivity contribution in [3.63, 3.8) is 0 Å². The van der Waals surface area contributed by atoms with Crippen LogP contribution in [0.3, 0.4) is 0 Å². The van der Waals surface area contributed by atoms with E-state index in [4.69, 9.17) is 4.74 Å². The first-order valence-corrected chi connectivity index (χ1v) is 10.7. The summed E-state index contributed by atoms with van der Waals surface area (Å²) in [6.07, 6.45) is 3.00. The number of hydrogen-bond donors (Lipinski definition) is 2. The summed E-state index contributed by atoms with van der Waals surface area (Å²) in [6.45, 7) is 1.56. The largest absolute Gasteiger partial charge is 0.473 e. The van der Waals surface area contributed by atoms with Crippen molar-refractivity contribution < 1.29 is 14.3 Å². The van der Waals surface area contributed by atoms with E-state index in [2.05, 4.69) is 15.6 Å². The molecule has 32 heavy (non-hydrogen) atoms. The molecule has 2 N–H and O–H groups in total. The van der Waals surface area contributed by atoms with Crippen molar-refractivity contribution in [2.75, 3.05) is 18.4 Å². The summed E-state index contributed by atoms with van der Waals surface area (Å²) in [7, 11) is 0. The van der Waals surface area contributed by atoms with Crippen LogP contribution in [0.4, 0.5) is 10.5 Å². The van der Waals surface area contributed by atoms with Gasteiger partial charge in [-0.05, 0) is 36.6 Å². The highest BCUT2D eigenvalue weighted by Gasteiger charge is 2.25. The summed E-state index contributed by atoms with van der Waals surface area (Å²) in [5.74, 6) is 0.373. The second kappa shape index (κ2) is 10.4. The van der Waals surface area contributed by atoms with E-state index in [1.165, 1.54) is 0 Å². The average molecular weight is 431 g/mol. The molecular weight excluding hydrogens is 404 g/mol. The van der Waals surface area contributed by atoms with Gasteiger partial charge < -0.3 is 20.3 Å². The van der Waals surface area contributed by atoms with Gasteiger partial charge in [0.1, 0.15) is 6.61 Å². The fourth-order valence-corrected chi connectivity index (χ4v) is 3.64. The number of carbonyl (C=O) groups is 2. The Morgan fingerprint density at radius 1 is 0.969 bits per heavy atom. The Morgan fingerprint density at radius 2 is 1.66 bits per heavy atom. The van der Waals surface area contributed by atoms with Crippen LogP contribution in [0.5, 0.6) is 5.88 Å². The minimum Gasteiger partial charge on any atom is -0.473 e. The van der Waals surface area contributed by atoms with E-state index in [1.54, 1.807) is 18.3 Å². The maximum atomic E-state index is 12.9. The number of aromatic nitrogens is 1. The standard InChI is InChI=1S/C25H26N4O3/c30-24(20-11-14-26-23(17-20)32-18-19-7-3-1-4-8-19)29-15-12-22(13-16-29)28-25(31)27-21-9-5-2-6-10-21/h1-11,14,17,22H,12-13,15-16,18H2,(H2,27,28,31). The molecule has 7 nitrogen and oxygen atoms in total. The number of anilines is 1. The Kier molecular flexibility index (Phi) is 6.97. The van der Waals surface area contributed by atoms with Gasteiger partial charge in [0.25, 0.3) is 5.91 Å². The Hall–Kier alpha value is -3.87. The van der Waals surface area contributed by atoms with Crippen molar-refractivity contribution in [1.82, 2.24) is 15.2 Å². The lowest BCUT2D eigenvalue weighted by Crippen LogP contribution is -2.47. The number of hydrogen-bond acceptors (Lipinski definition) is 4. The van der Waals surface area contributed by atoms with Gasteiger partial charge in [0.05, 0.1) is 0 Å². The van der Waals surface area contributed by atoms with Gasteiger partial charge in [-0.1, -0.05) is 48.5 Å². The molecule has 1 aliphatic rings. The number of rotatable bonds is 6. The third-order valence-electron chi connectivity index (χ3n) is 5.36. The third-order valence-corrected chi connectivity index (χ3v) is 5.36. The van der Waals surface area contributed by atoms with Gasteiger partial charge in [-0.2, -0.15) is 0 Å². The maximum Gasteiger partial charge on any atom is 0.319 e. The van der Waals surface area contributed by atoms with Crippen LogP contribution >= 0.6 is 0 Å². The number of likely N-dealkylation sites (tertiary alicyclic amines) is 1. The van der Waals surface area contributed by atoms with E-state index in [0.717, 1.165) is 11.3 Å². The lowest BCUT2D eigenvalue weighted by molar-refractivity contribution is 0.0708. The van der Waals surface area contributed by atoms with Crippen LogP contribution in [0, 0.1) is 0 Å². The molecule has 1 fully saturated rings. The van der Waals surface area contributed by atoms with Crippen molar-refractivity contribution in [3.05, 3.63) is 90.1 Å². The second-order valence-electron chi connectivity index (χ2n) is 7.69. The van der Waals surface area contributed by atoms with E-state index < -0.39 is 0 Å². The lowest BCUT2D eigenvalue weighted by Gasteiger charge is -2.32. The fraction of sp³-hybridized carbons (Fsp3) is 0.240. The zero-order valence-corrected chi connectivity index (χ0v) is 17.7. The van der Waals surface area contributed by atoms with E-state index in [0.29, 0.717) is 44.0 Å². The number of nitrogens with zero attached hydrogens (tertiary/aromatic N) is 2. The summed E-state index contributed by atoms with van der Waals surface area (Å²) >= 11 is 0. The first-order chi connectivity index (χ1) is 15.7. The second-order valence-corrected chi connectivity index (χ2v) is 7.69. The predicted octanol–water partition coefficient (Wildman–Crippen LogP) is 4.09. The van der Waals surface area contributed by atoms with Crippen molar-refractivity contribution in [3.8, 4) is 5.88 Å². The Bertz CT molecular complexity index is 1040. The van der Waals surface area contributed by atoms with Gasteiger partial charge in [0.2, 0.25) is 5.88 Å². The van der Waals surface area contributed by atoms with Crippen molar-refractivity contribution in [1.29, 1.82) is 0 Å². The molecule has 7 heteroatoms. The third kappa shape index (κ3) is 5.85. The van der Waals surface area contributed by atoms with Gasteiger partial charge in [-0.3, -0.25) is 4.79 Å². The van der Waals surface area contributed by atoms with Crippen LogP contribution in [0.25, 0.3) is 0 Å². The van der Waals surface area contributed by atoms with Crippen molar-refractivity contribution in [2.24, 2.45) is 0 Å². The number of para-hydroxylation sites is 1. The van der Waals surface area contributed by atoms with Crippen LogP contribution in [0.1, 0.15) is 28.8 Å². The summed E-state index contributed by atoms with van der Waals surface area (Å²) in [6, 6.07) is 22.3. The molecule has 1 aromatic heterocycles. The molecule has 3 aromatic rings. The van der Waals surface area contributed by atoms with Gasteiger partial charge in [0.15, 0.2) is 0 Å². The molecule has 0 bridgehead atoms. The molecule has 1 aliphatic heterocycles. The Balaban J connectivity index is 1.26. The average Bonchev–Trinajstić information content (AvgIpc) is 2.84.